The Morgan fingerprint density at radius 3 is 2.32 bits per heavy atom. The van der Waals surface area contributed by atoms with Crippen LogP contribution in [-0.4, -0.2) is 18.1 Å². The maximum absolute atomic E-state index is 12.2. The first-order chi connectivity index (χ1) is 12.3. The van der Waals surface area contributed by atoms with Gasteiger partial charge in [0.25, 0.3) is 0 Å². The van der Waals surface area contributed by atoms with Crippen LogP contribution in [0.25, 0.3) is 33.3 Å². The Balaban J connectivity index is 2.06. The van der Waals surface area contributed by atoms with Gasteiger partial charge in [-0.3, -0.25) is 0 Å². The van der Waals surface area contributed by atoms with E-state index in [1.54, 1.807) is 6.07 Å². The lowest BCUT2D eigenvalue weighted by atomic mass is 9.96. The summed E-state index contributed by atoms with van der Waals surface area (Å²) in [5.74, 6) is -0.340. The maximum Gasteiger partial charge on any atom is 0.338 e. The molecule has 0 aliphatic rings. The number of nitrogens with one attached hydrogen (secondary N) is 1. The van der Waals surface area contributed by atoms with Crippen molar-refractivity contribution in [1.82, 2.24) is 4.98 Å². The quantitative estimate of drug-likeness (QED) is 0.520. The molecule has 0 aliphatic carbocycles. The molecule has 1 aromatic heterocycles. The Kier molecular flexibility index (Phi) is 3.82. The molecular weight excluding hydrogens is 310 g/mol. The molecule has 0 spiro atoms. The summed E-state index contributed by atoms with van der Waals surface area (Å²) in [5.41, 5.74) is 5.55. The highest BCUT2D eigenvalue weighted by molar-refractivity contribution is 6.07. The molecule has 3 heteroatoms. The first-order valence-corrected chi connectivity index (χ1v) is 8.13. The number of H-pyrrole nitrogens is 1. The molecule has 0 atom stereocenters. The summed E-state index contributed by atoms with van der Waals surface area (Å²) in [6, 6.07) is 25.9. The molecule has 4 aromatic rings. The van der Waals surface area contributed by atoms with Crippen molar-refractivity contribution in [3.05, 3.63) is 84.4 Å². The van der Waals surface area contributed by atoms with Gasteiger partial charge in [0.05, 0.1) is 18.4 Å². The predicted octanol–water partition coefficient (Wildman–Crippen LogP) is 5.29. The lowest BCUT2D eigenvalue weighted by Gasteiger charge is -2.10. The highest BCUT2D eigenvalue weighted by Gasteiger charge is 2.19. The number of ether oxygens (including phenoxy) is 1. The standard InChI is InChI=1S/C22H17NO2/c1-25-22(24)17-12-6-5-11-16(17)21-20(15-9-3-2-4-10-15)18-13-7-8-14-19(18)23-21/h2-14,23H,1H3. The number of para-hydroxylation sites is 1. The fourth-order valence-corrected chi connectivity index (χ4v) is 3.24. The van der Waals surface area contributed by atoms with Crippen LogP contribution in [0, 0.1) is 0 Å². The van der Waals surface area contributed by atoms with Gasteiger partial charge < -0.3 is 9.72 Å². The fraction of sp³-hybridized carbons (Fsp3) is 0.0455. The van der Waals surface area contributed by atoms with Gasteiger partial charge in [0.15, 0.2) is 0 Å². The minimum atomic E-state index is -0.340. The normalized spacial score (nSPS) is 10.8. The van der Waals surface area contributed by atoms with E-state index < -0.39 is 0 Å². The van der Waals surface area contributed by atoms with Gasteiger partial charge in [0.1, 0.15) is 0 Å². The molecule has 0 bridgehead atoms. The van der Waals surface area contributed by atoms with Crippen molar-refractivity contribution in [3.63, 3.8) is 0 Å². The van der Waals surface area contributed by atoms with Crippen molar-refractivity contribution in [2.24, 2.45) is 0 Å². The molecule has 0 saturated heterocycles. The van der Waals surface area contributed by atoms with Crippen LogP contribution in [0.1, 0.15) is 10.4 Å². The van der Waals surface area contributed by atoms with E-state index in [-0.39, 0.29) is 5.97 Å². The fourth-order valence-electron chi connectivity index (χ4n) is 3.24. The van der Waals surface area contributed by atoms with Crippen molar-refractivity contribution in [1.29, 1.82) is 0 Å². The third-order valence-corrected chi connectivity index (χ3v) is 4.37. The smallest absolute Gasteiger partial charge is 0.338 e. The van der Waals surface area contributed by atoms with E-state index >= 15 is 0 Å². The number of fused-ring (bicyclic) bond motifs is 1. The predicted molar refractivity (Wildman–Crippen MR) is 101 cm³/mol. The zero-order valence-electron chi connectivity index (χ0n) is 13.8. The van der Waals surface area contributed by atoms with E-state index in [9.17, 15) is 4.79 Å². The minimum Gasteiger partial charge on any atom is -0.465 e. The number of carbonyl (C=O) groups is 1. The Labute approximate surface area is 145 Å². The number of hydrogen-bond donors (Lipinski definition) is 1. The molecule has 1 N–H and O–H groups in total. The summed E-state index contributed by atoms with van der Waals surface area (Å²) in [4.78, 5) is 15.7. The van der Waals surface area contributed by atoms with Crippen LogP contribution in [0.3, 0.4) is 0 Å². The maximum atomic E-state index is 12.2. The van der Waals surface area contributed by atoms with Crippen molar-refractivity contribution in [3.8, 4) is 22.4 Å². The van der Waals surface area contributed by atoms with Gasteiger partial charge in [0.2, 0.25) is 0 Å². The largest absolute Gasteiger partial charge is 0.465 e. The Morgan fingerprint density at radius 1 is 0.840 bits per heavy atom. The summed E-state index contributed by atoms with van der Waals surface area (Å²) in [5, 5.41) is 1.13. The average Bonchev–Trinajstić information content (AvgIpc) is 3.07. The monoisotopic (exact) mass is 327 g/mol. The van der Waals surface area contributed by atoms with E-state index in [1.807, 2.05) is 54.6 Å². The van der Waals surface area contributed by atoms with E-state index in [0.717, 1.165) is 33.3 Å². The van der Waals surface area contributed by atoms with Gasteiger partial charge in [-0.1, -0.05) is 66.7 Å². The van der Waals surface area contributed by atoms with E-state index in [1.165, 1.54) is 7.11 Å². The van der Waals surface area contributed by atoms with Crippen LogP contribution < -0.4 is 0 Å². The van der Waals surface area contributed by atoms with Crippen molar-refractivity contribution >= 4 is 16.9 Å². The van der Waals surface area contributed by atoms with Gasteiger partial charge >= 0.3 is 5.97 Å². The molecule has 0 unspecified atom stereocenters. The lowest BCUT2D eigenvalue weighted by molar-refractivity contribution is 0.0601. The van der Waals surface area contributed by atoms with Crippen LogP contribution in [0.5, 0.6) is 0 Å². The molecular formula is C22H17NO2. The zero-order valence-corrected chi connectivity index (χ0v) is 13.8. The SMILES string of the molecule is COC(=O)c1ccccc1-c1[nH]c2ccccc2c1-c1ccccc1. The summed E-state index contributed by atoms with van der Waals surface area (Å²) in [6.07, 6.45) is 0. The second kappa shape index (κ2) is 6.29. The van der Waals surface area contributed by atoms with Crippen molar-refractivity contribution in [2.75, 3.05) is 7.11 Å². The third-order valence-electron chi connectivity index (χ3n) is 4.37. The summed E-state index contributed by atoms with van der Waals surface area (Å²) in [6.45, 7) is 0. The molecule has 122 valence electrons. The number of benzene rings is 3. The molecule has 4 rings (SSSR count). The van der Waals surface area contributed by atoms with Gasteiger partial charge in [0, 0.05) is 22.0 Å². The van der Waals surface area contributed by atoms with Gasteiger partial charge in [-0.05, 0) is 17.7 Å². The van der Waals surface area contributed by atoms with Crippen LogP contribution in [0.15, 0.2) is 78.9 Å². The lowest BCUT2D eigenvalue weighted by Crippen LogP contribution is -2.03. The molecule has 0 amide bonds. The molecule has 3 aromatic carbocycles. The van der Waals surface area contributed by atoms with Crippen LogP contribution in [0.4, 0.5) is 0 Å². The van der Waals surface area contributed by atoms with Gasteiger partial charge in [-0.15, -0.1) is 0 Å². The van der Waals surface area contributed by atoms with Crippen LogP contribution >= 0.6 is 0 Å². The summed E-state index contributed by atoms with van der Waals surface area (Å²) >= 11 is 0. The van der Waals surface area contributed by atoms with E-state index in [4.69, 9.17) is 4.74 Å². The summed E-state index contributed by atoms with van der Waals surface area (Å²) < 4.78 is 4.97. The number of carbonyl (C=O) groups excluding carboxylic acids is 1. The topological polar surface area (TPSA) is 42.1 Å². The number of aromatic nitrogens is 1. The number of methoxy groups -OCH3 is 1. The average molecular weight is 327 g/mol. The zero-order chi connectivity index (χ0) is 17.2. The van der Waals surface area contributed by atoms with Gasteiger partial charge in [-0.25, -0.2) is 4.79 Å². The van der Waals surface area contributed by atoms with Crippen molar-refractivity contribution < 1.29 is 9.53 Å². The molecule has 25 heavy (non-hydrogen) atoms. The Bertz CT molecular complexity index is 1050. The second-order valence-electron chi connectivity index (χ2n) is 5.82. The number of hydrogen-bond acceptors (Lipinski definition) is 2. The first kappa shape index (κ1) is 15.2. The minimum absolute atomic E-state index is 0.340. The first-order valence-electron chi connectivity index (χ1n) is 8.13. The Morgan fingerprint density at radius 2 is 1.52 bits per heavy atom. The van der Waals surface area contributed by atoms with Gasteiger partial charge in [-0.2, -0.15) is 0 Å². The van der Waals surface area contributed by atoms with E-state index in [2.05, 4.69) is 23.2 Å². The summed E-state index contributed by atoms with van der Waals surface area (Å²) in [7, 11) is 1.41. The number of rotatable bonds is 3. The van der Waals surface area contributed by atoms with Crippen molar-refractivity contribution in [2.45, 2.75) is 0 Å². The molecule has 0 fully saturated rings. The highest BCUT2D eigenvalue weighted by Crippen LogP contribution is 2.39. The molecule has 0 saturated carbocycles. The van der Waals surface area contributed by atoms with Crippen LogP contribution in [-0.2, 0) is 4.74 Å². The molecule has 0 radical (unpaired) electrons. The molecule has 3 nitrogen and oxygen atoms in total. The van der Waals surface area contributed by atoms with Crippen LogP contribution in [0.2, 0.25) is 0 Å². The number of aromatic amines is 1. The number of esters is 1. The third kappa shape index (κ3) is 2.60. The Hall–Kier alpha value is -3.33. The molecule has 1 heterocycles. The van der Waals surface area contributed by atoms with E-state index in [0.29, 0.717) is 5.56 Å². The second-order valence-corrected chi connectivity index (χ2v) is 5.82. The molecule has 0 aliphatic heterocycles. The highest BCUT2D eigenvalue weighted by atomic mass is 16.5.